The Bertz CT molecular complexity index is 426. The van der Waals surface area contributed by atoms with Gasteiger partial charge in [0.05, 0.1) is 26.2 Å². The van der Waals surface area contributed by atoms with Crippen molar-refractivity contribution in [1.82, 2.24) is 4.90 Å². The van der Waals surface area contributed by atoms with Gasteiger partial charge in [-0.1, -0.05) is 12.1 Å². The van der Waals surface area contributed by atoms with Gasteiger partial charge in [-0.15, -0.1) is 0 Å². The summed E-state index contributed by atoms with van der Waals surface area (Å²) in [5.74, 6) is -0.502. The van der Waals surface area contributed by atoms with Crippen LogP contribution in [0.1, 0.15) is 17.9 Å². The molecule has 1 aliphatic rings. The zero-order valence-corrected chi connectivity index (χ0v) is 11.7. The minimum atomic E-state index is -0.775. The number of aliphatic carboxylic acids is 1. The molecule has 1 saturated heterocycles. The fourth-order valence-electron chi connectivity index (χ4n) is 2.41. The van der Waals surface area contributed by atoms with Crippen molar-refractivity contribution in [3.8, 4) is 5.75 Å². The summed E-state index contributed by atoms with van der Waals surface area (Å²) in [5.41, 5.74) is 0.826. The second-order valence-electron chi connectivity index (χ2n) is 4.91. The van der Waals surface area contributed by atoms with Crippen LogP contribution in [0.5, 0.6) is 5.75 Å². The molecule has 1 fully saturated rings. The molecule has 1 heterocycles. The van der Waals surface area contributed by atoms with E-state index in [1.54, 1.807) is 19.2 Å². The largest absolute Gasteiger partial charge is 0.497 e. The number of benzene rings is 1. The highest BCUT2D eigenvalue weighted by molar-refractivity contribution is 5.76. The van der Waals surface area contributed by atoms with Gasteiger partial charge in [0.2, 0.25) is 0 Å². The number of rotatable bonds is 6. The molecular formula is C15H21NO4. The first kappa shape index (κ1) is 14.8. The topological polar surface area (TPSA) is 59.0 Å². The lowest BCUT2D eigenvalue weighted by Gasteiger charge is -2.27. The van der Waals surface area contributed by atoms with Crippen LogP contribution in [-0.2, 0) is 9.53 Å². The molecule has 0 radical (unpaired) electrons. The maximum atomic E-state index is 11.5. The lowest BCUT2D eigenvalue weighted by molar-refractivity contribution is -0.139. The zero-order valence-electron chi connectivity index (χ0n) is 11.7. The average Bonchev–Trinajstić information content (AvgIpc) is 2.49. The van der Waals surface area contributed by atoms with E-state index in [2.05, 4.69) is 4.90 Å². The van der Waals surface area contributed by atoms with Crippen LogP contribution in [0.4, 0.5) is 0 Å². The fourth-order valence-corrected chi connectivity index (χ4v) is 2.41. The molecule has 0 aliphatic carbocycles. The summed E-state index contributed by atoms with van der Waals surface area (Å²) in [7, 11) is 1.60. The lowest BCUT2D eigenvalue weighted by atomic mass is 9.95. The zero-order chi connectivity index (χ0) is 14.4. The standard InChI is InChI=1S/C15H21NO4/c1-19-13-4-2-12(3-5-13)14(15(17)18)6-7-16-8-10-20-11-9-16/h2-5,14H,6-11H2,1H3,(H,17,18)/t14-/m1/s1. The van der Waals surface area contributed by atoms with E-state index in [1.807, 2.05) is 12.1 Å². The van der Waals surface area contributed by atoms with E-state index < -0.39 is 11.9 Å². The van der Waals surface area contributed by atoms with E-state index in [0.717, 1.165) is 44.2 Å². The van der Waals surface area contributed by atoms with Crippen molar-refractivity contribution < 1.29 is 19.4 Å². The van der Waals surface area contributed by atoms with E-state index in [1.165, 1.54) is 0 Å². The summed E-state index contributed by atoms with van der Waals surface area (Å²) >= 11 is 0. The Morgan fingerprint density at radius 3 is 2.55 bits per heavy atom. The second-order valence-corrected chi connectivity index (χ2v) is 4.91. The SMILES string of the molecule is COc1ccc([C@@H](CCN2CCOCC2)C(=O)O)cc1. The Labute approximate surface area is 119 Å². The van der Waals surface area contributed by atoms with Crippen molar-refractivity contribution in [2.24, 2.45) is 0 Å². The number of ether oxygens (including phenoxy) is 2. The number of carboxylic acid groups (broad SMARTS) is 1. The van der Waals surface area contributed by atoms with Crippen LogP contribution in [0.25, 0.3) is 0 Å². The van der Waals surface area contributed by atoms with Gasteiger partial charge in [0.25, 0.3) is 0 Å². The van der Waals surface area contributed by atoms with Gasteiger partial charge in [-0.2, -0.15) is 0 Å². The van der Waals surface area contributed by atoms with Crippen molar-refractivity contribution in [1.29, 1.82) is 0 Å². The summed E-state index contributed by atoms with van der Waals surface area (Å²) in [6, 6.07) is 7.27. The fraction of sp³-hybridized carbons (Fsp3) is 0.533. The number of morpholine rings is 1. The molecular weight excluding hydrogens is 258 g/mol. The maximum absolute atomic E-state index is 11.5. The van der Waals surface area contributed by atoms with Crippen LogP contribution in [0.2, 0.25) is 0 Å². The quantitative estimate of drug-likeness (QED) is 0.857. The Morgan fingerprint density at radius 2 is 2.00 bits per heavy atom. The Balaban J connectivity index is 1.96. The Kier molecular flexibility index (Phi) is 5.38. The number of methoxy groups -OCH3 is 1. The summed E-state index contributed by atoms with van der Waals surface area (Å²) < 4.78 is 10.4. The third kappa shape index (κ3) is 3.95. The van der Waals surface area contributed by atoms with Crippen LogP contribution in [-0.4, -0.2) is 55.9 Å². The van der Waals surface area contributed by atoms with Crippen molar-refractivity contribution in [2.75, 3.05) is 40.0 Å². The first-order valence-corrected chi connectivity index (χ1v) is 6.87. The minimum Gasteiger partial charge on any atom is -0.497 e. The molecule has 1 atom stereocenters. The molecule has 1 aromatic carbocycles. The molecule has 0 bridgehead atoms. The number of nitrogens with zero attached hydrogens (tertiary/aromatic N) is 1. The molecule has 5 nitrogen and oxygen atoms in total. The molecule has 0 spiro atoms. The van der Waals surface area contributed by atoms with Gasteiger partial charge in [0.1, 0.15) is 5.75 Å². The number of carboxylic acids is 1. The van der Waals surface area contributed by atoms with E-state index in [-0.39, 0.29) is 0 Å². The highest BCUT2D eigenvalue weighted by Gasteiger charge is 2.21. The highest BCUT2D eigenvalue weighted by Crippen LogP contribution is 2.23. The van der Waals surface area contributed by atoms with Gasteiger partial charge < -0.3 is 14.6 Å². The molecule has 0 unspecified atom stereocenters. The number of carbonyl (C=O) groups is 1. The summed E-state index contributed by atoms with van der Waals surface area (Å²) in [6.45, 7) is 4.02. The highest BCUT2D eigenvalue weighted by atomic mass is 16.5. The summed E-state index contributed by atoms with van der Waals surface area (Å²) in [4.78, 5) is 13.7. The second kappa shape index (κ2) is 7.26. The van der Waals surface area contributed by atoms with Crippen molar-refractivity contribution in [3.63, 3.8) is 0 Å². The predicted octanol–water partition coefficient (Wildman–Crippen LogP) is 1.59. The lowest BCUT2D eigenvalue weighted by Crippen LogP contribution is -2.37. The number of hydrogen-bond donors (Lipinski definition) is 1. The molecule has 1 aliphatic heterocycles. The molecule has 20 heavy (non-hydrogen) atoms. The van der Waals surface area contributed by atoms with Gasteiger partial charge in [-0.3, -0.25) is 9.69 Å². The van der Waals surface area contributed by atoms with E-state index in [9.17, 15) is 9.90 Å². The normalized spacial score (nSPS) is 17.6. The van der Waals surface area contributed by atoms with Crippen LogP contribution in [0.3, 0.4) is 0 Å². The van der Waals surface area contributed by atoms with Crippen molar-refractivity contribution >= 4 is 5.97 Å². The van der Waals surface area contributed by atoms with Crippen LogP contribution < -0.4 is 4.74 Å². The first-order valence-electron chi connectivity index (χ1n) is 6.87. The smallest absolute Gasteiger partial charge is 0.311 e. The van der Waals surface area contributed by atoms with Crippen molar-refractivity contribution in [2.45, 2.75) is 12.3 Å². The molecule has 5 heteroatoms. The van der Waals surface area contributed by atoms with Crippen LogP contribution in [0.15, 0.2) is 24.3 Å². The van der Waals surface area contributed by atoms with Gasteiger partial charge in [-0.25, -0.2) is 0 Å². The van der Waals surface area contributed by atoms with Gasteiger partial charge in [-0.05, 0) is 30.7 Å². The molecule has 1 N–H and O–H groups in total. The van der Waals surface area contributed by atoms with Gasteiger partial charge in [0, 0.05) is 13.1 Å². The van der Waals surface area contributed by atoms with E-state index in [0.29, 0.717) is 6.42 Å². The Hall–Kier alpha value is -1.59. The molecule has 1 aromatic rings. The van der Waals surface area contributed by atoms with Crippen LogP contribution in [0, 0.1) is 0 Å². The van der Waals surface area contributed by atoms with Crippen LogP contribution >= 0.6 is 0 Å². The Morgan fingerprint density at radius 1 is 1.35 bits per heavy atom. The predicted molar refractivity (Wildman–Crippen MR) is 75.2 cm³/mol. The summed E-state index contributed by atoms with van der Waals surface area (Å²) in [6.07, 6.45) is 0.613. The molecule has 2 rings (SSSR count). The monoisotopic (exact) mass is 279 g/mol. The third-order valence-electron chi connectivity index (χ3n) is 3.65. The average molecular weight is 279 g/mol. The molecule has 0 saturated carbocycles. The summed E-state index contributed by atoms with van der Waals surface area (Å²) in [5, 5.41) is 9.41. The number of hydrogen-bond acceptors (Lipinski definition) is 4. The maximum Gasteiger partial charge on any atom is 0.311 e. The van der Waals surface area contributed by atoms with Gasteiger partial charge >= 0.3 is 5.97 Å². The van der Waals surface area contributed by atoms with E-state index in [4.69, 9.17) is 9.47 Å². The van der Waals surface area contributed by atoms with Crippen molar-refractivity contribution in [3.05, 3.63) is 29.8 Å². The minimum absolute atomic E-state index is 0.469. The van der Waals surface area contributed by atoms with E-state index >= 15 is 0 Å². The molecule has 110 valence electrons. The third-order valence-corrected chi connectivity index (χ3v) is 3.65. The molecule has 0 amide bonds. The van der Waals surface area contributed by atoms with Gasteiger partial charge in [0.15, 0.2) is 0 Å². The molecule has 0 aromatic heterocycles. The first-order chi connectivity index (χ1) is 9.70.